The molecule has 0 aliphatic heterocycles. The van der Waals surface area contributed by atoms with Gasteiger partial charge < -0.3 is 4.74 Å². The molecule has 0 aromatic carbocycles. The molecular formula is C6H10O2. The second kappa shape index (κ2) is 3.38. The van der Waals surface area contributed by atoms with Crippen LogP contribution in [0.25, 0.3) is 0 Å². The lowest BCUT2D eigenvalue weighted by molar-refractivity contribution is -0.122. The van der Waals surface area contributed by atoms with Crippen LogP contribution in [0.2, 0.25) is 0 Å². The van der Waals surface area contributed by atoms with Crippen LogP contribution in [0.15, 0.2) is 12.7 Å². The molecule has 46 valence electrons. The van der Waals surface area contributed by atoms with Crippen LogP contribution < -0.4 is 0 Å². The molecule has 0 spiro atoms. The van der Waals surface area contributed by atoms with E-state index in [0.717, 1.165) is 0 Å². The van der Waals surface area contributed by atoms with Gasteiger partial charge in [-0.3, -0.25) is 4.79 Å². The summed E-state index contributed by atoms with van der Waals surface area (Å²) in [4.78, 5) is 10.5. The van der Waals surface area contributed by atoms with Crippen molar-refractivity contribution < 1.29 is 9.53 Å². The molecule has 0 aliphatic rings. The quantitative estimate of drug-likeness (QED) is 0.507. The van der Waals surface area contributed by atoms with Crippen LogP contribution in [0, 0.1) is 0 Å². The molecule has 0 fully saturated rings. The van der Waals surface area contributed by atoms with Gasteiger partial charge in [0.2, 0.25) is 0 Å². The molecule has 8 heavy (non-hydrogen) atoms. The maximum atomic E-state index is 10.5. The number of methoxy groups -OCH3 is 1. The zero-order valence-corrected chi connectivity index (χ0v) is 5.18. The number of hydrogen-bond donors (Lipinski definition) is 0. The van der Waals surface area contributed by atoms with Gasteiger partial charge in [-0.2, -0.15) is 0 Å². The molecule has 0 aromatic heterocycles. The Labute approximate surface area is 49.1 Å². The van der Waals surface area contributed by atoms with E-state index < -0.39 is 0 Å². The summed E-state index contributed by atoms with van der Waals surface area (Å²) >= 11 is 0. The van der Waals surface area contributed by atoms with Crippen molar-refractivity contribution in [3.63, 3.8) is 0 Å². The minimum atomic E-state index is -0.340. The Morgan fingerprint density at radius 2 is 2.38 bits per heavy atom. The summed E-state index contributed by atoms with van der Waals surface area (Å²) in [6.45, 7) is 4.98. The first-order valence-corrected chi connectivity index (χ1v) is 2.41. The number of carbonyl (C=O) groups excluding carboxylic acids is 1. The maximum absolute atomic E-state index is 10.5. The van der Waals surface area contributed by atoms with Crippen molar-refractivity contribution in [3.05, 3.63) is 12.7 Å². The molecule has 0 radical (unpaired) electrons. The van der Waals surface area contributed by atoms with E-state index in [-0.39, 0.29) is 11.9 Å². The van der Waals surface area contributed by atoms with E-state index in [1.807, 2.05) is 0 Å². The smallest absolute Gasteiger partial charge is 0.183 e. The molecule has 0 N–H and O–H groups in total. The highest BCUT2D eigenvalue weighted by Crippen LogP contribution is 1.88. The van der Waals surface area contributed by atoms with Crippen molar-refractivity contribution in [1.82, 2.24) is 0 Å². The van der Waals surface area contributed by atoms with Crippen LogP contribution in [0.3, 0.4) is 0 Å². The molecule has 0 bridgehead atoms. The van der Waals surface area contributed by atoms with Crippen LogP contribution in [-0.4, -0.2) is 19.0 Å². The van der Waals surface area contributed by atoms with Crippen molar-refractivity contribution in [3.8, 4) is 0 Å². The molecule has 0 unspecified atom stereocenters. The fraction of sp³-hybridized carbons (Fsp3) is 0.500. The van der Waals surface area contributed by atoms with Gasteiger partial charge in [-0.15, -0.1) is 0 Å². The maximum Gasteiger partial charge on any atom is 0.183 e. The SMILES string of the molecule is C=CC(=O)[C@@H](C)OC. The summed E-state index contributed by atoms with van der Waals surface area (Å²) in [6, 6.07) is 0. The van der Waals surface area contributed by atoms with Gasteiger partial charge in [0.05, 0.1) is 0 Å². The average Bonchev–Trinajstić information content (AvgIpc) is 1.84. The second-order valence-electron chi connectivity index (χ2n) is 1.48. The number of hydrogen-bond acceptors (Lipinski definition) is 2. The van der Waals surface area contributed by atoms with Gasteiger partial charge in [0.25, 0.3) is 0 Å². The summed E-state index contributed by atoms with van der Waals surface area (Å²) in [6.07, 6.45) is 0.918. The molecule has 0 saturated carbocycles. The molecule has 2 heteroatoms. The monoisotopic (exact) mass is 114 g/mol. The minimum Gasteiger partial charge on any atom is -0.374 e. The molecule has 0 heterocycles. The molecule has 2 nitrogen and oxygen atoms in total. The first kappa shape index (κ1) is 7.37. The standard InChI is InChI=1S/C6H10O2/c1-4-6(7)5(2)8-3/h4-5H,1H2,2-3H3/t5-/m1/s1. The highest BCUT2D eigenvalue weighted by molar-refractivity contribution is 5.92. The van der Waals surface area contributed by atoms with Crippen LogP contribution in [0.5, 0.6) is 0 Å². The van der Waals surface area contributed by atoms with Crippen LogP contribution in [-0.2, 0) is 9.53 Å². The Morgan fingerprint density at radius 1 is 1.88 bits per heavy atom. The average molecular weight is 114 g/mol. The molecular weight excluding hydrogens is 104 g/mol. The Kier molecular flexibility index (Phi) is 3.12. The van der Waals surface area contributed by atoms with Gasteiger partial charge in [0.1, 0.15) is 6.10 Å². The van der Waals surface area contributed by atoms with Gasteiger partial charge in [0.15, 0.2) is 5.78 Å². The van der Waals surface area contributed by atoms with Crippen LogP contribution >= 0.6 is 0 Å². The summed E-state index contributed by atoms with van der Waals surface area (Å²) in [5, 5.41) is 0. The Balaban J connectivity index is 3.62. The van der Waals surface area contributed by atoms with Gasteiger partial charge in [-0.25, -0.2) is 0 Å². The van der Waals surface area contributed by atoms with Crippen LogP contribution in [0.1, 0.15) is 6.92 Å². The van der Waals surface area contributed by atoms with Gasteiger partial charge in [-0.05, 0) is 13.0 Å². The number of rotatable bonds is 3. The third-order valence-electron chi connectivity index (χ3n) is 0.955. The highest BCUT2D eigenvalue weighted by atomic mass is 16.5. The first-order valence-electron chi connectivity index (χ1n) is 2.41. The van der Waals surface area contributed by atoms with E-state index >= 15 is 0 Å². The van der Waals surface area contributed by atoms with Gasteiger partial charge >= 0.3 is 0 Å². The van der Waals surface area contributed by atoms with Gasteiger partial charge in [0, 0.05) is 7.11 Å². The zero-order valence-electron chi connectivity index (χ0n) is 5.18. The fourth-order valence-corrected chi connectivity index (χ4v) is 0.282. The summed E-state index contributed by atoms with van der Waals surface area (Å²) in [5.41, 5.74) is 0. The van der Waals surface area contributed by atoms with Crippen molar-refractivity contribution >= 4 is 5.78 Å². The minimum absolute atomic E-state index is 0.0764. The lowest BCUT2D eigenvalue weighted by Crippen LogP contribution is -2.15. The van der Waals surface area contributed by atoms with E-state index in [1.165, 1.54) is 13.2 Å². The fourth-order valence-electron chi connectivity index (χ4n) is 0.282. The van der Waals surface area contributed by atoms with E-state index in [9.17, 15) is 4.79 Å². The first-order chi connectivity index (χ1) is 3.72. The molecule has 0 amide bonds. The summed E-state index contributed by atoms with van der Waals surface area (Å²) < 4.78 is 4.68. The molecule has 0 saturated heterocycles. The summed E-state index contributed by atoms with van der Waals surface area (Å²) in [7, 11) is 1.49. The van der Waals surface area contributed by atoms with E-state index in [2.05, 4.69) is 11.3 Å². The predicted molar refractivity (Wildman–Crippen MR) is 31.7 cm³/mol. The Hall–Kier alpha value is -0.630. The third-order valence-corrected chi connectivity index (χ3v) is 0.955. The topological polar surface area (TPSA) is 26.3 Å². The van der Waals surface area contributed by atoms with E-state index in [4.69, 9.17) is 0 Å². The molecule has 0 aliphatic carbocycles. The molecule has 0 rings (SSSR count). The largest absolute Gasteiger partial charge is 0.374 e. The zero-order chi connectivity index (χ0) is 6.57. The normalized spacial score (nSPS) is 12.8. The second-order valence-corrected chi connectivity index (χ2v) is 1.48. The predicted octanol–water partition coefficient (Wildman–Crippen LogP) is 0.776. The highest BCUT2D eigenvalue weighted by Gasteiger charge is 2.04. The van der Waals surface area contributed by atoms with E-state index in [0.29, 0.717) is 0 Å². The van der Waals surface area contributed by atoms with Gasteiger partial charge in [-0.1, -0.05) is 6.58 Å². The Bertz CT molecular complexity index is 96.7. The number of carbonyl (C=O) groups is 1. The molecule has 1 atom stereocenters. The van der Waals surface area contributed by atoms with Crippen molar-refractivity contribution in [2.45, 2.75) is 13.0 Å². The summed E-state index contributed by atoms with van der Waals surface area (Å²) in [5.74, 6) is -0.0764. The third kappa shape index (κ3) is 1.89. The number of ketones is 1. The molecule has 0 aromatic rings. The Morgan fingerprint density at radius 3 is 2.50 bits per heavy atom. The van der Waals surface area contributed by atoms with Crippen molar-refractivity contribution in [1.29, 1.82) is 0 Å². The number of ether oxygens (including phenoxy) is 1. The van der Waals surface area contributed by atoms with Crippen molar-refractivity contribution in [2.24, 2.45) is 0 Å². The van der Waals surface area contributed by atoms with E-state index in [1.54, 1.807) is 6.92 Å². The lowest BCUT2D eigenvalue weighted by Gasteiger charge is -2.01. The van der Waals surface area contributed by atoms with Crippen molar-refractivity contribution in [2.75, 3.05) is 7.11 Å². The van der Waals surface area contributed by atoms with Crippen LogP contribution in [0.4, 0.5) is 0 Å². The lowest BCUT2D eigenvalue weighted by atomic mass is 10.2.